The van der Waals surface area contributed by atoms with Gasteiger partial charge >= 0.3 is 0 Å². The first-order valence-corrected chi connectivity index (χ1v) is 8.98. The van der Waals surface area contributed by atoms with Gasteiger partial charge in [0.2, 0.25) is 5.91 Å². The molecule has 1 aromatic heterocycles. The smallest absolute Gasteiger partial charge is 0.225 e. The number of aromatic nitrogens is 1. The average molecular weight is 308 g/mol. The third-order valence-corrected chi connectivity index (χ3v) is 5.54. The van der Waals surface area contributed by atoms with Crippen LogP contribution in [0.15, 0.2) is 5.38 Å². The summed E-state index contributed by atoms with van der Waals surface area (Å²) in [5.41, 5.74) is 1.18. The van der Waals surface area contributed by atoms with Crippen LogP contribution in [0, 0.1) is 0 Å². The molecular weight excluding hydrogens is 284 g/mol. The van der Waals surface area contributed by atoms with Crippen LogP contribution in [-0.4, -0.2) is 41.6 Å². The fourth-order valence-corrected chi connectivity index (χ4v) is 4.24. The Bertz CT molecular complexity index is 482. The minimum Gasteiger partial charge on any atom is -0.378 e. The summed E-state index contributed by atoms with van der Waals surface area (Å²) in [5, 5.41) is 3.36. The molecular formula is C16H24N2O2S. The van der Waals surface area contributed by atoms with Crippen molar-refractivity contribution < 1.29 is 9.53 Å². The Labute approximate surface area is 130 Å². The molecule has 0 saturated carbocycles. The van der Waals surface area contributed by atoms with E-state index in [1.165, 1.54) is 10.7 Å². The standard InChI is InChI=1S/C16H24N2O2S/c1-2-13-11-21-16(17-13)12-5-3-7-18(10-12)15(19)9-14-6-4-8-20-14/h11-12,14H,2-10H2,1H3/t12-,14+/m0/s1. The highest BCUT2D eigenvalue weighted by atomic mass is 32.1. The average Bonchev–Trinajstić information content (AvgIpc) is 3.18. The lowest BCUT2D eigenvalue weighted by Gasteiger charge is -2.32. The monoisotopic (exact) mass is 308 g/mol. The highest BCUT2D eigenvalue weighted by Gasteiger charge is 2.28. The summed E-state index contributed by atoms with van der Waals surface area (Å²) in [6.07, 6.45) is 6.08. The first-order valence-electron chi connectivity index (χ1n) is 8.10. The molecule has 2 aliphatic heterocycles. The molecule has 2 atom stereocenters. The molecule has 1 aromatic rings. The predicted molar refractivity (Wildman–Crippen MR) is 83.6 cm³/mol. The SMILES string of the molecule is CCc1csc([C@H]2CCCN(C(=O)C[C@H]3CCCO3)C2)n1. The van der Waals surface area contributed by atoms with Crippen LogP contribution in [0.25, 0.3) is 0 Å². The summed E-state index contributed by atoms with van der Waals surface area (Å²) in [7, 11) is 0. The van der Waals surface area contributed by atoms with Gasteiger partial charge in [-0.3, -0.25) is 4.79 Å². The number of amides is 1. The number of hydrogen-bond acceptors (Lipinski definition) is 4. The first kappa shape index (κ1) is 15.0. The van der Waals surface area contributed by atoms with Crippen LogP contribution in [-0.2, 0) is 16.0 Å². The first-order chi connectivity index (χ1) is 10.3. The zero-order chi connectivity index (χ0) is 14.7. The molecule has 0 aromatic carbocycles. The number of thiazole rings is 1. The highest BCUT2D eigenvalue weighted by molar-refractivity contribution is 7.09. The van der Waals surface area contributed by atoms with Crippen molar-refractivity contribution in [3.63, 3.8) is 0 Å². The summed E-state index contributed by atoms with van der Waals surface area (Å²) in [4.78, 5) is 19.2. The van der Waals surface area contributed by atoms with Gasteiger partial charge in [-0.15, -0.1) is 11.3 Å². The van der Waals surface area contributed by atoms with E-state index in [2.05, 4.69) is 12.3 Å². The van der Waals surface area contributed by atoms with E-state index in [1.807, 2.05) is 4.90 Å². The minimum atomic E-state index is 0.157. The lowest BCUT2D eigenvalue weighted by Crippen LogP contribution is -2.40. The largest absolute Gasteiger partial charge is 0.378 e. The van der Waals surface area contributed by atoms with Crippen molar-refractivity contribution in [3.8, 4) is 0 Å². The Morgan fingerprint density at radius 1 is 1.48 bits per heavy atom. The van der Waals surface area contributed by atoms with E-state index in [9.17, 15) is 4.79 Å². The lowest BCUT2D eigenvalue weighted by molar-refractivity contribution is -0.134. The second kappa shape index (κ2) is 6.88. The van der Waals surface area contributed by atoms with Crippen LogP contribution < -0.4 is 0 Å². The fraction of sp³-hybridized carbons (Fsp3) is 0.750. The quantitative estimate of drug-likeness (QED) is 0.859. The van der Waals surface area contributed by atoms with Gasteiger partial charge in [0.05, 0.1) is 23.2 Å². The van der Waals surface area contributed by atoms with Crippen LogP contribution in [0.5, 0.6) is 0 Å². The molecule has 0 aliphatic carbocycles. The number of rotatable bonds is 4. The van der Waals surface area contributed by atoms with Crippen molar-refractivity contribution in [3.05, 3.63) is 16.1 Å². The summed E-state index contributed by atoms with van der Waals surface area (Å²) in [5.74, 6) is 0.691. The molecule has 0 radical (unpaired) electrons. The molecule has 3 heterocycles. The summed E-state index contributed by atoms with van der Waals surface area (Å²) in [6.45, 7) is 4.69. The van der Waals surface area contributed by atoms with Crippen LogP contribution in [0.4, 0.5) is 0 Å². The summed E-state index contributed by atoms with van der Waals surface area (Å²) < 4.78 is 5.59. The second-order valence-electron chi connectivity index (χ2n) is 6.05. The topological polar surface area (TPSA) is 42.4 Å². The predicted octanol–water partition coefficient (Wildman–Crippen LogP) is 2.98. The molecule has 0 unspecified atom stereocenters. The molecule has 2 saturated heterocycles. The minimum absolute atomic E-state index is 0.157. The van der Waals surface area contributed by atoms with E-state index in [1.54, 1.807) is 11.3 Å². The maximum absolute atomic E-state index is 12.4. The third-order valence-electron chi connectivity index (χ3n) is 4.48. The van der Waals surface area contributed by atoms with Crippen LogP contribution in [0.2, 0.25) is 0 Å². The molecule has 2 aliphatic rings. The van der Waals surface area contributed by atoms with Gasteiger partial charge in [-0.2, -0.15) is 0 Å². The molecule has 5 heteroatoms. The zero-order valence-corrected chi connectivity index (χ0v) is 13.5. The van der Waals surface area contributed by atoms with Gasteiger partial charge in [-0.05, 0) is 32.1 Å². The molecule has 0 N–H and O–H groups in total. The Kier molecular flexibility index (Phi) is 4.91. The fourth-order valence-electron chi connectivity index (χ4n) is 3.21. The number of carbonyl (C=O) groups excluding carboxylic acids is 1. The van der Waals surface area contributed by atoms with E-state index < -0.39 is 0 Å². The molecule has 1 amide bonds. The van der Waals surface area contributed by atoms with Gasteiger partial charge in [0.15, 0.2) is 0 Å². The van der Waals surface area contributed by atoms with Crippen molar-refractivity contribution in [1.29, 1.82) is 0 Å². The maximum atomic E-state index is 12.4. The van der Waals surface area contributed by atoms with Crippen molar-refractivity contribution >= 4 is 17.2 Å². The third kappa shape index (κ3) is 3.64. The van der Waals surface area contributed by atoms with E-state index in [4.69, 9.17) is 9.72 Å². The van der Waals surface area contributed by atoms with Crippen LogP contribution in [0.1, 0.15) is 55.6 Å². The van der Waals surface area contributed by atoms with Gasteiger partial charge in [0.25, 0.3) is 0 Å². The Morgan fingerprint density at radius 2 is 2.38 bits per heavy atom. The van der Waals surface area contributed by atoms with E-state index in [0.717, 1.165) is 51.8 Å². The molecule has 0 bridgehead atoms. The van der Waals surface area contributed by atoms with Gasteiger partial charge in [-0.25, -0.2) is 4.98 Å². The Hall–Kier alpha value is -0.940. The molecule has 21 heavy (non-hydrogen) atoms. The van der Waals surface area contributed by atoms with E-state index in [-0.39, 0.29) is 12.0 Å². The van der Waals surface area contributed by atoms with Gasteiger partial charge in [0.1, 0.15) is 0 Å². The number of hydrogen-bond donors (Lipinski definition) is 0. The molecule has 0 spiro atoms. The second-order valence-corrected chi connectivity index (χ2v) is 6.94. The number of aryl methyl sites for hydroxylation is 1. The number of carbonyl (C=O) groups is 1. The number of likely N-dealkylation sites (tertiary alicyclic amines) is 1. The molecule has 116 valence electrons. The highest BCUT2D eigenvalue weighted by Crippen LogP contribution is 2.30. The van der Waals surface area contributed by atoms with Gasteiger partial charge in [0, 0.05) is 31.0 Å². The summed E-state index contributed by atoms with van der Waals surface area (Å²) in [6, 6.07) is 0. The van der Waals surface area contributed by atoms with Crippen molar-refractivity contribution in [2.24, 2.45) is 0 Å². The number of nitrogens with zero attached hydrogens (tertiary/aromatic N) is 2. The van der Waals surface area contributed by atoms with Crippen molar-refractivity contribution in [2.75, 3.05) is 19.7 Å². The molecule has 2 fully saturated rings. The van der Waals surface area contributed by atoms with Crippen molar-refractivity contribution in [2.45, 2.75) is 57.5 Å². The molecule has 3 rings (SSSR count). The number of ether oxygens (including phenoxy) is 1. The lowest BCUT2D eigenvalue weighted by atomic mass is 9.98. The normalized spacial score (nSPS) is 26.2. The number of piperidine rings is 1. The molecule has 4 nitrogen and oxygen atoms in total. The maximum Gasteiger partial charge on any atom is 0.225 e. The van der Waals surface area contributed by atoms with Crippen LogP contribution >= 0.6 is 11.3 Å². The van der Waals surface area contributed by atoms with Crippen molar-refractivity contribution in [1.82, 2.24) is 9.88 Å². The van der Waals surface area contributed by atoms with Gasteiger partial charge < -0.3 is 9.64 Å². The van der Waals surface area contributed by atoms with E-state index >= 15 is 0 Å². The van der Waals surface area contributed by atoms with Crippen LogP contribution in [0.3, 0.4) is 0 Å². The van der Waals surface area contributed by atoms with Gasteiger partial charge in [-0.1, -0.05) is 6.92 Å². The Morgan fingerprint density at radius 3 is 3.10 bits per heavy atom. The van der Waals surface area contributed by atoms with E-state index in [0.29, 0.717) is 12.3 Å². The zero-order valence-electron chi connectivity index (χ0n) is 12.7. The Balaban J connectivity index is 1.58. The summed E-state index contributed by atoms with van der Waals surface area (Å²) >= 11 is 1.75.